The van der Waals surface area contributed by atoms with E-state index in [4.69, 9.17) is 16.6 Å². The summed E-state index contributed by atoms with van der Waals surface area (Å²) >= 11 is 5.60. The first kappa shape index (κ1) is 36.5. The normalized spacial score (nSPS) is 13.5. The van der Waals surface area contributed by atoms with Crippen molar-refractivity contribution in [2.24, 2.45) is 0 Å². The Kier molecular flexibility index (Phi) is 12.3. The molecule has 12 heteroatoms. The average Bonchev–Trinajstić information content (AvgIpc) is 2.94. The summed E-state index contributed by atoms with van der Waals surface area (Å²) in [6.45, 7) is 12.2. The van der Waals surface area contributed by atoms with Crippen LogP contribution in [-0.2, 0) is 29.6 Å². The first-order valence-corrected chi connectivity index (χ1v) is 18.6. The summed E-state index contributed by atoms with van der Waals surface area (Å²) in [4.78, 5) is 2.19. The van der Waals surface area contributed by atoms with Crippen molar-refractivity contribution in [2.75, 3.05) is 25.0 Å². The molecule has 0 aliphatic heterocycles. The second kappa shape index (κ2) is 15.1. The van der Waals surface area contributed by atoms with Crippen LogP contribution >= 0.6 is 12.2 Å². The predicted octanol–water partition coefficient (Wildman–Crippen LogP) is 8.80. The molecule has 0 aliphatic rings. The summed E-state index contributed by atoms with van der Waals surface area (Å²) in [5.41, 5.74) is -2.13. The van der Waals surface area contributed by atoms with Gasteiger partial charge >= 0.3 is 12.4 Å². The first-order valence-electron chi connectivity index (χ1n) is 14.8. The van der Waals surface area contributed by atoms with Crippen LogP contribution in [0.15, 0.2) is 78.9 Å². The van der Waals surface area contributed by atoms with Gasteiger partial charge in [-0.05, 0) is 74.3 Å². The maximum Gasteiger partial charge on any atom is 0.416 e. The van der Waals surface area contributed by atoms with E-state index in [0.717, 1.165) is 11.1 Å². The number of likely N-dealkylation sites (N-methyl/N-ethyl adjacent to an activating group) is 1. The smallest absolute Gasteiger partial charge is 0.409 e. The summed E-state index contributed by atoms with van der Waals surface area (Å²) in [7, 11) is -2.29. The Morgan fingerprint density at radius 3 is 1.60 bits per heavy atom. The van der Waals surface area contributed by atoms with Gasteiger partial charge in [0.05, 0.1) is 22.8 Å². The summed E-state index contributed by atoms with van der Waals surface area (Å²) in [5, 5.41) is 5.82. The van der Waals surface area contributed by atoms with Crippen molar-refractivity contribution in [1.29, 1.82) is 0 Å². The monoisotopic (exact) mass is 669 g/mol. The van der Waals surface area contributed by atoms with Crippen molar-refractivity contribution in [2.45, 2.75) is 70.3 Å². The summed E-state index contributed by atoms with van der Waals surface area (Å²) in [5.74, 6) is 0. The van der Waals surface area contributed by atoms with Gasteiger partial charge in [0.2, 0.25) is 0 Å². The molecule has 0 amide bonds. The fourth-order valence-corrected chi connectivity index (χ4v) is 7.15. The molecule has 1 atom stereocenters. The summed E-state index contributed by atoms with van der Waals surface area (Å²) in [6, 6.07) is 20.5. The molecule has 0 spiro atoms. The highest BCUT2D eigenvalue weighted by Gasteiger charge is 2.44. The second-order valence-corrected chi connectivity index (χ2v) is 16.9. The molecule has 4 nitrogen and oxygen atoms in total. The number of rotatable bonds is 13. The first-order chi connectivity index (χ1) is 20.9. The van der Waals surface area contributed by atoms with Crippen LogP contribution in [0.25, 0.3) is 0 Å². The minimum Gasteiger partial charge on any atom is -0.409 e. The van der Waals surface area contributed by atoms with Gasteiger partial charge in [0, 0.05) is 25.1 Å². The van der Waals surface area contributed by atoms with Crippen LogP contribution in [0.5, 0.6) is 0 Å². The minimum absolute atomic E-state index is 0.0946. The van der Waals surface area contributed by atoms with E-state index < -0.39 is 49.1 Å². The number of anilines is 1. The SMILES string of the molecule is CCN(CC)C[C@H](NC(=S)Nc1cc(C(F)(F)F)cc(C(F)(F)F)c1)C(Cc1ccccc1)(Cc1ccccc1)O[Si](C)(C)C. The molecule has 246 valence electrons. The van der Waals surface area contributed by atoms with Crippen molar-refractivity contribution in [3.8, 4) is 0 Å². The van der Waals surface area contributed by atoms with E-state index in [1.165, 1.54) is 0 Å². The standard InChI is InChI=1S/C33H41F6N3OSSi/c1-6-42(7-2)23-29(41-30(44)40-28-19-26(32(34,35)36)18-27(20-28)33(37,38)39)31(43-45(3,4)5,21-24-14-10-8-11-15-24)22-25-16-12-9-13-17-25/h8-20,29H,6-7,21-23H2,1-5H3,(H2,40,41,44)/t29-/m0/s1. The lowest BCUT2D eigenvalue weighted by molar-refractivity contribution is -0.143. The molecular weight excluding hydrogens is 629 g/mol. The molecule has 45 heavy (non-hydrogen) atoms. The number of benzene rings is 3. The Labute approximate surface area is 268 Å². The third-order valence-electron chi connectivity index (χ3n) is 7.32. The maximum absolute atomic E-state index is 13.6. The van der Waals surface area contributed by atoms with E-state index >= 15 is 0 Å². The van der Waals surface area contributed by atoms with Gasteiger partial charge in [-0.25, -0.2) is 0 Å². The zero-order valence-corrected chi connectivity index (χ0v) is 28.0. The van der Waals surface area contributed by atoms with E-state index in [2.05, 4.69) is 35.2 Å². The minimum atomic E-state index is -4.98. The highest BCUT2D eigenvalue weighted by molar-refractivity contribution is 7.80. The Balaban J connectivity index is 2.13. The van der Waals surface area contributed by atoms with Crippen molar-refractivity contribution in [1.82, 2.24) is 10.2 Å². The van der Waals surface area contributed by atoms with Gasteiger partial charge in [0.15, 0.2) is 13.4 Å². The number of alkyl halides is 6. The number of hydrogen-bond donors (Lipinski definition) is 2. The van der Waals surface area contributed by atoms with Crippen LogP contribution in [0.3, 0.4) is 0 Å². The highest BCUT2D eigenvalue weighted by atomic mass is 32.1. The number of hydrogen-bond acceptors (Lipinski definition) is 3. The van der Waals surface area contributed by atoms with Crippen LogP contribution < -0.4 is 10.6 Å². The molecule has 3 aromatic rings. The van der Waals surface area contributed by atoms with Crippen molar-refractivity contribution in [3.05, 3.63) is 101 Å². The molecule has 0 fully saturated rings. The predicted molar refractivity (Wildman–Crippen MR) is 175 cm³/mol. The third-order valence-corrected chi connectivity index (χ3v) is 8.56. The highest BCUT2D eigenvalue weighted by Crippen LogP contribution is 2.38. The van der Waals surface area contributed by atoms with Crippen molar-refractivity contribution in [3.63, 3.8) is 0 Å². The number of nitrogens with one attached hydrogen (secondary N) is 2. The third kappa shape index (κ3) is 11.1. The summed E-state index contributed by atoms with van der Waals surface area (Å²) < 4.78 is 88.6. The Morgan fingerprint density at radius 1 is 0.778 bits per heavy atom. The van der Waals surface area contributed by atoms with E-state index in [9.17, 15) is 26.3 Å². The number of halogens is 6. The molecule has 0 saturated heterocycles. The molecular formula is C33H41F6N3OSSi. The van der Waals surface area contributed by atoms with Crippen LogP contribution in [0.2, 0.25) is 19.6 Å². The lowest BCUT2D eigenvalue weighted by Gasteiger charge is -2.47. The molecule has 0 bridgehead atoms. The number of thiocarbonyl (C=S) groups is 1. The molecule has 0 saturated carbocycles. The largest absolute Gasteiger partial charge is 0.416 e. The van der Waals surface area contributed by atoms with Crippen LogP contribution in [0.4, 0.5) is 32.0 Å². The fraction of sp³-hybridized carbons (Fsp3) is 0.424. The van der Waals surface area contributed by atoms with Crippen LogP contribution in [0.1, 0.15) is 36.1 Å². The molecule has 2 N–H and O–H groups in total. The Hall–Kier alpha value is -2.93. The van der Waals surface area contributed by atoms with Gasteiger partial charge in [-0.3, -0.25) is 0 Å². The maximum atomic E-state index is 13.6. The van der Waals surface area contributed by atoms with Gasteiger partial charge in [0.25, 0.3) is 0 Å². The zero-order valence-electron chi connectivity index (χ0n) is 26.1. The van der Waals surface area contributed by atoms with Crippen molar-refractivity contribution < 1.29 is 30.8 Å². The van der Waals surface area contributed by atoms with Gasteiger partial charge in [0.1, 0.15) is 0 Å². The van der Waals surface area contributed by atoms with Crippen molar-refractivity contribution >= 4 is 31.3 Å². The van der Waals surface area contributed by atoms with Gasteiger partial charge in [-0.1, -0.05) is 74.5 Å². The average molecular weight is 670 g/mol. The lowest BCUT2D eigenvalue weighted by atomic mass is 9.81. The number of nitrogens with zero attached hydrogens (tertiary/aromatic N) is 1. The second-order valence-electron chi connectivity index (χ2n) is 12.0. The Bertz CT molecular complexity index is 1300. The molecule has 0 radical (unpaired) electrons. The van der Waals surface area contributed by atoms with E-state index in [1.54, 1.807) is 0 Å². The van der Waals surface area contributed by atoms with Gasteiger partial charge < -0.3 is 20.0 Å². The van der Waals surface area contributed by atoms with E-state index in [1.807, 2.05) is 74.5 Å². The lowest BCUT2D eigenvalue weighted by Crippen LogP contribution is -2.64. The zero-order chi connectivity index (χ0) is 33.5. The molecule has 3 aromatic carbocycles. The molecule has 0 aromatic heterocycles. The van der Waals surface area contributed by atoms with Gasteiger partial charge in [-0.2, -0.15) is 26.3 Å². The molecule has 0 heterocycles. The molecule has 0 unspecified atom stereocenters. The quantitative estimate of drug-likeness (QED) is 0.108. The molecule has 0 aliphatic carbocycles. The van der Waals surface area contributed by atoms with Crippen LogP contribution in [-0.4, -0.2) is 49.6 Å². The summed E-state index contributed by atoms with van der Waals surface area (Å²) in [6.07, 6.45) is -9.00. The molecule has 3 rings (SSSR count). The van der Waals surface area contributed by atoms with E-state index in [-0.39, 0.29) is 11.2 Å². The Morgan fingerprint density at radius 2 is 1.22 bits per heavy atom. The topological polar surface area (TPSA) is 36.5 Å². The van der Waals surface area contributed by atoms with Gasteiger partial charge in [-0.15, -0.1) is 0 Å². The van der Waals surface area contributed by atoms with E-state index in [0.29, 0.717) is 44.6 Å². The fourth-order valence-electron chi connectivity index (χ4n) is 5.38. The van der Waals surface area contributed by atoms with Crippen LogP contribution in [0, 0.1) is 0 Å².